The lowest BCUT2D eigenvalue weighted by Gasteiger charge is -2.07. The highest BCUT2D eigenvalue weighted by Crippen LogP contribution is 2.36. The summed E-state index contributed by atoms with van der Waals surface area (Å²) in [6, 6.07) is 5.57. The molecule has 0 N–H and O–H groups in total. The SMILES string of the molecule is COc1c(Cl)cc(Br)c2ncccc12. The number of benzene rings is 1. The smallest absolute Gasteiger partial charge is 0.146 e. The molecule has 0 bridgehead atoms. The summed E-state index contributed by atoms with van der Waals surface area (Å²) >= 11 is 9.43. The predicted octanol–water partition coefficient (Wildman–Crippen LogP) is 3.66. The zero-order chi connectivity index (χ0) is 10.1. The summed E-state index contributed by atoms with van der Waals surface area (Å²) in [5.41, 5.74) is 0.855. The molecule has 0 saturated heterocycles. The summed E-state index contributed by atoms with van der Waals surface area (Å²) in [4.78, 5) is 4.24. The Kier molecular flexibility index (Phi) is 2.61. The van der Waals surface area contributed by atoms with Crippen LogP contribution in [0.2, 0.25) is 5.02 Å². The number of aromatic nitrogens is 1. The fraction of sp³-hybridized carbons (Fsp3) is 0.100. The van der Waals surface area contributed by atoms with Gasteiger partial charge in [0.1, 0.15) is 5.75 Å². The minimum Gasteiger partial charge on any atom is -0.494 e. The van der Waals surface area contributed by atoms with Crippen molar-refractivity contribution in [3.8, 4) is 5.75 Å². The van der Waals surface area contributed by atoms with Crippen LogP contribution in [-0.2, 0) is 0 Å². The van der Waals surface area contributed by atoms with Gasteiger partial charge < -0.3 is 4.74 Å². The van der Waals surface area contributed by atoms with Crippen molar-refractivity contribution in [1.29, 1.82) is 0 Å². The zero-order valence-corrected chi connectivity index (χ0v) is 9.76. The summed E-state index contributed by atoms with van der Waals surface area (Å²) in [7, 11) is 1.60. The average Bonchev–Trinajstić information content (AvgIpc) is 2.18. The van der Waals surface area contributed by atoms with Crippen molar-refractivity contribution in [1.82, 2.24) is 4.98 Å². The second kappa shape index (κ2) is 3.75. The molecule has 0 spiro atoms. The van der Waals surface area contributed by atoms with Crippen molar-refractivity contribution in [2.75, 3.05) is 7.11 Å². The van der Waals surface area contributed by atoms with Crippen molar-refractivity contribution >= 4 is 38.4 Å². The number of halogens is 2. The van der Waals surface area contributed by atoms with Gasteiger partial charge in [-0.05, 0) is 34.1 Å². The standard InChI is InChI=1S/C10H7BrClNO/c1-14-10-6-3-2-4-13-9(6)7(11)5-8(10)12/h2-5H,1H3. The van der Waals surface area contributed by atoms with Crippen LogP contribution in [0.15, 0.2) is 28.9 Å². The van der Waals surface area contributed by atoms with E-state index in [9.17, 15) is 0 Å². The molecule has 1 aromatic carbocycles. The third kappa shape index (κ3) is 1.47. The predicted molar refractivity (Wildman–Crippen MR) is 61.0 cm³/mol. The molecule has 72 valence electrons. The molecule has 0 unspecified atom stereocenters. The van der Waals surface area contributed by atoms with Crippen LogP contribution in [0.3, 0.4) is 0 Å². The van der Waals surface area contributed by atoms with Crippen molar-refractivity contribution in [2.24, 2.45) is 0 Å². The maximum Gasteiger partial charge on any atom is 0.146 e. The molecule has 2 nitrogen and oxygen atoms in total. The van der Waals surface area contributed by atoms with Crippen LogP contribution in [-0.4, -0.2) is 12.1 Å². The number of pyridine rings is 1. The van der Waals surface area contributed by atoms with Gasteiger partial charge in [0.2, 0.25) is 0 Å². The van der Waals surface area contributed by atoms with Crippen LogP contribution < -0.4 is 4.74 Å². The summed E-state index contributed by atoms with van der Waals surface area (Å²) < 4.78 is 6.09. The van der Waals surface area contributed by atoms with Crippen LogP contribution in [0.1, 0.15) is 0 Å². The third-order valence-corrected chi connectivity index (χ3v) is 2.84. The van der Waals surface area contributed by atoms with E-state index in [1.54, 1.807) is 19.4 Å². The molecule has 0 radical (unpaired) electrons. The number of methoxy groups -OCH3 is 1. The number of hydrogen-bond donors (Lipinski definition) is 0. The van der Waals surface area contributed by atoms with Gasteiger partial charge in [-0.15, -0.1) is 0 Å². The Hall–Kier alpha value is -0.800. The molecule has 0 amide bonds. The van der Waals surface area contributed by atoms with E-state index in [1.165, 1.54) is 0 Å². The number of rotatable bonds is 1. The highest BCUT2D eigenvalue weighted by atomic mass is 79.9. The monoisotopic (exact) mass is 271 g/mol. The van der Waals surface area contributed by atoms with E-state index < -0.39 is 0 Å². The fourth-order valence-electron chi connectivity index (χ4n) is 1.36. The lowest BCUT2D eigenvalue weighted by atomic mass is 10.2. The molecule has 0 aliphatic carbocycles. The van der Waals surface area contributed by atoms with E-state index in [-0.39, 0.29) is 0 Å². The lowest BCUT2D eigenvalue weighted by Crippen LogP contribution is -1.88. The van der Waals surface area contributed by atoms with E-state index in [4.69, 9.17) is 16.3 Å². The zero-order valence-electron chi connectivity index (χ0n) is 7.42. The minimum absolute atomic E-state index is 0.583. The Morgan fingerprint density at radius 1 is 1.50 bits per heavy atom. The molecule has 0 aliphatic rings. The van der Waals surface area contributed by atoms with E-state index in [2.05, 4.69) is 20.9 Å². The van der Waals surface area contributed by atoms with Gasteiger partial charge in [0, 0.05) is 16.1 Å². The Morgan fingerprint density at radius 2 is 2.29 bits per heavy atom. The first kappa shape index (κ1) is 9.74. The number of nitrogens with zero attached hydrogens (tertiary/aromatic N) is 1. The Bertz CT molecular complexity index is 487. The van der Waals surface area contributed by atoms with E-state index in [0.717, 1.165) is 15.4 Å². The Morgan fingerprint density at radius 3 is 3.00 bits per heavy atom. The van der Waals surface area contributed by atoms with Crippen LogP contribution in [0.25, 0.3) is 10.9 Å². The second-order valence-corrected chi connectivity index (χ2v) is 4.03. The summed E-state index contributed by atoms with van der Waals surface area (Å²) in [6.45, 7) is 0. The van der Waals surface area contributed by atoms with Crippen molar-refractivity contribution < 1.29 is 4.74 Å². The molecule has 2 aromatic rings. The quantitative estimate of drug-likeness (QED) is 0.790. The van der Waals surface area contributed by atoms with Crippen LogP contribution in [0.5, 0.6) is 5.75 Å². The summed E-state index contributed by atoms with van der Waals surface area (Å²) in [5.74, 6) is 0.665. The average molecular weight is 273 g/mol. The molecule has 0 atom stereocenters. The Balaban J connectivity index is 2.90. The molecular weight excluding hydrogens is 265 g/mol. The van der Waals surface area contributed by atoms with Gasteiger partial charge in [0.15, 0.2) is 0 Å². The van der Waals surface area contributed by atoms with Gasteiger partial charge in [-0.1, -0.05) is 11.6 Å². The first-order chi connectivity index (χ1) is 6.74. The topological polar surface area (TPSA) is 22.1 Å². The lowest BCUT2D eigenvalue weighted by molar-refractivity contribution is 0.420. The first-order valence-electron chi connectivity index (χ1n) is 4.00. The maximum absolute atomic E-state index is 6.03. The van der Waals surface area contributed by atoms with Gasteiger partial charge in [0.25, 0.3) is 0 Å². The van der Waals surface area contributed by atoms with Crippen LogP contribution >= 0.6 is 27.5 Å². The number of hydrogen-bond acceptors (Lipinski definition) is 2. The molecule has 1 heterocycles. The second-order valence-electron chi connectivity index (χ2n) is 2.77. The molecule has 0 saturated carbocycles. The minimum atomic E-state index is 0.583. The molecule has 2 rings (SSSR count). The number of fused-ring (bicyclic) bond motifs is 1. The van der Waals surface area contributed by atoms with E-state index in [1.807, 2.05) is 12.1 Å². The maximum atomic E-state index is 6.03. The van der Waals surface area contributed by atoms with E-state index in [0.29, 0.717) is 10.8 Å². The Labute approximate surface area is 95.0 Å². The van der Waals surface area contributed by atoms with Crippen LogP contribution in [0.4, 0.5) is 0 Å². The summed E-state index contributed by atoms with van der Waals surface area (Å²) in [5, 5.41) is 1.49. The van der Waals surface area contributed by atoms with Gasteiger partial charge in [-0.2, -0.15) is 0 Å². The van der Waals surface area contributed by atoms with E-state index >= 15 is 0 Å². The molecular formula is C10H7BrClNO. The van der Waals surface area contributed by atoms with Gasteiger partial charge in [-0.3, -0.25) is 4.98 Å². The molecule has 0 fully saturated rings. The number of ether oxygens (including phenoxy) is 1. The van der Waals surface area contributed by atoms with Crippen LogP contribution in [0, 0.1) is 0 Å². The van der Waals surface area contributed by atoms with Gasteiger partial charge in [0.05, 0.1) is 17.6 Å². The first-order valence-corrected chi connectivity index (χ1v) is 5.18. The molecule has 14 heavy (non-hydrogen) atoms. The van der Waals surface area contributed by atoms with Crippen molar-refractivity contribution in [3.05, 3.63) is 33.9 Å². The highest BCUT2D eigenvalue weighted by molar-refractivity contribution is 9.10. The van der Waals surface area contributed by atoms with Gasteiger partial charge in [-0.25, -0.2) is 0 Å². The molecule has 1 aromatic heterocycles. The largest absolute Gasteiger partial charge is 0.494 e. The molecule has 0 aliphatic heterocycles. The molecule has 4 heteroatoms. The van der Waals surface area contributed by atoms with Crippen molar-refractivity contribution in [3.63, 3.8) is 0 Å². The third-order valence-electron chi connectivity index (χ3n) is 1.95. The van der Waals surface area contributed by atoms with Crippen molar-refractivity contribution in [2.45, 2.75) is 0 Å². The summed E-state index contributed by atoms with van der Waals surface area (Å²) in [6.07, 6.45) is 1.74. The fourth-order valence-corrected chi connectivity index (χ4v) is 2.32. The normalized spacial score (nSPS) is 10.5. The highest BCUT2D eigenvalue weighted by Gasteiger charge is 2.10. The van der Waals surface area contributed by atoms with Gasteiger partial charge >= 0.3 is 0 Å².